The average molecular weight is 349 g/mol. The van der Waals surface area contributed by atoms with Gasteiger partial charge in [0.2, 0.25) is 0 Å². The van der Waals surface area contributed by atoms with Crippen LogP contribution in [0.2, 0.25) is 0 Å². The molecule has 0 heterocycles. The smallest absolute Gasteiger partial charge is 0.119 e. The highest BCUT2D eigenvalue weighted by Gasteiger charge is 2.57. The van der Waals surface area contributed by atoms with Crippen LogP contribution in [0, 0.1) is 35.5 Å². The Hall–Kier alpha value is -0.500. The molecular formula is C19H25BrO. The van der Waals surface area contributed by atoms with E-state index in [9.17, 15) is 5.11 Å². The van der Waals surface area contributed by atoms with Gasteiger partial charge in [-0.05, 0) is 72.3 Å². The molecule has 4 saturated carbocycles. The minimum absolute atomic E-state index is 0.521. The summed E-state index contributed by atoms with van der Waals surface area (Å²) >= 11 is 3.89. The molecule has 0 amide bonds. The van der Waals surface area contributed by atoms with Crippen molar-refractivity contribution in [1.82, 2.24) is 0 Å². The van der Waals surface area contributed by atoms with Crippen LogP contribution >= 0.6 is 15.9 Å². The van der Waals surface area contributed by atoms with Gasteiger partial charge in [-0.2, -0.15) is 0 Å². The van der Waals surface area contributed by atoms with E-state index in [2.05, 4.69) is 41.9 Å². The van der Waals surface area contributed by atoms with Gasteiger partial charge >= 0.3 is 0 Å². The van der Waals surface area contributed by atoms with Crippen LogP contribution in [0.4, 0.5) is 0 Å². The van der Waals surface area contributed by atoms with Crippen LogP contribution < -0.4 is 0 Å². The lowest BCUT2D eigenvalue weighted by Crippen LogP contribution is -2.55. The number of aromatic hydroxyl groups is 1. The Kier molecular flexibility index (Phi) is 3.37. The molecule has 8 unspecified atom stereocenters. The van der Waals surface area contributed by atoms with Crippen molar-refractivity contribution in [2.45, 2.75) is 43.9 Å². The van der Waals surface area contributed by atoms with E-state index in [1.807, 2.05) is 12.1 Å². The predicted molar refractivity (Wildman–Crippen MR) is 89.7 cm³/mol. The molecule has 0 saturated heterocycles. The summed E-state index contributed by atoms with van der Waals surface area (Å²) in [5, 5.41) is 10.3. The summed E-state index contributed by atoms with van der Waals surface area (Å²) in [5.41, 5.74) is 1.22. The minimum Gasteiger partial charge on any atom is -0.508 e. The van der Waals surface area contributed by atoms with E-state index < -0.39 is 0 Å². The van der Waals surface area contributed by atoms with Gasteiger partial charge in [0.25, 0.3) is 0 Å². The van der Waals surface area contributed by atoms with Crippen molar-refractivity contribution in [2.24, 2.45) is 35.5 Å². The highest BCUT2D eigenvalue weighted by atomic mass is 79.9. The van der Waals surface area contributed by atoms with Gasteiger partial charge in [-0.3, -0.25) is 0 Å². The molecule has 1 N–H and O–H groups in total. The molecule has 2 heteroatoms. The number of phenols is 1. The van der Waals surface area contributed by atoms with Crippen LogP contribution in [0.1, 0.15) is 44.6 Å². The van der Waals surface area contributed by atoms with E-state index in [4.69, 9.17) is 0 Å². The molecule has 1 aromatic rings. The summed E-state index contributed by atoms with van der Waals surface area (Å²) in [5.74, 6) is 6.17. The van der Waals surface area contributed by atoms with Crippen LogP contribution in [0.15, 0.2) is 24.3 Å². The zero-order valence-electron chi connectivity index (χ0n) is 12.9. The van der Waals surface area contributed by atoms with Gasteiger partial charge in [-0.25, -0.2) is 0 Å². The Bertz CT molecular complexity index is 540. The van der Waals surface area contributed by atoms with Crippen LogP contribution in [0.3, 0.4) is 0 Å². The normalized spacial score (nSPS) is 45.8. The first-order valence-electron chi connectivity index (χ1n) is 8.50. The second-order valence-corrected chi connectivity index (χ2v) is 9.20. The van der Waals surface area contributed by atoms with E-state index in [-0.39, 0.29) is 0 Å². The molecule has 0 aliphatic heterocycles. The van der Waals surface area contributed by atoms with Crippen LogP contribution in [-0.4, -0.2) is 9.93 Å². The standard InChI is InChI=1S/C19H25BrO/c1-10-15-9-13-7-12(18(15)11(2)20)8-16(10)19(13)14-5-3-4-6-17(14)21/h3-6,10-13,15-16,18-19,21H,7-9H2,1-2H3. The third-order valence-electron chi connectivity index (χ3n) is 6.94. The third kappa shape index (κ3) is 2.01. The molecule has 0 radical (unpaired) electrons. The van der Waals surface area contributed by atoms with Gasteiger partial charge in [0.15, 0.2) is 0 Å². The third-order valence-corrected chi connectivity index (χ3v) is 7.55. The molecule has 8 atom stereocenters. The molecule has 1 aromatic carbocycles. The maximum absolute atomic E-state index is 10.3. The largest absolute Gasteiger partial charge is 0.508 e. The second kappa shape index (κ2) is 5.01. The highest BCUT2D eigenvalue weighted by Crippen LogP contribution is 2.65. The highest BCUT2D eigenvalue weighted by molar-refractivity contribution is 9.09. The molecule has 0 aromatic heterocycles. The Morgan fingerprint density at radius 3 is 2.52 bits per heavy atom. The molecule has 4 aliphatic carbocycles. The SMILES string of the molecule is CC(Br)C1C2CC3CC1C(C)C(C2)C3c1ccccc1O. The van der Waals surface area contributed by atoms with E-state index in [1.54, 1.807) is 0 Å². The van der Waals surface area contributed by atoms with Gasteiger partial charge in [0.1, 0.15) is 5.75 Å². The summed E-state index contributed by atoms with van der Waals surface area (Å²) in [6.45, 7) is 4.82. The molecule has 1 nitrogen and oxygen atoms in total. The summed E-state index contributed by atoms with van der Waals surface area (Å²) in [4.78, 5) is 0.651. The summed E-state index contributed by atoms with van der Waals surface area (Å²) < 4.78 is 0. The molecule has 21 heavy (non-hydrogen) atoms. The van der Waals surface area contributed by atoms with Crippen molar-refractivity contribution in [1.29, 1.82) is 0 Å². The molecule has 114 valence electrons. The Morgan fingerprint density at radius 1 is 1.10 bits per heavy atom. The Labute approximate surface area is 136 Å². The van der Waals surface area contributed by atoms with Crippen molar-refractivity contribution in [3.8, 4) is 5.75 Å². The van der Waals surface area contributed by atoms with Crippen LogP contribution in [0.5, 0.6) is 5.75 Å². The van der Waals surface area contributed by atoms with Gasteiger partial charge in [0.05, 0.1) is 0 Å². The average Bonchev–Trinajstić information content (AvgIpc) is 2.45. The number of para-hydroxylation sites is 1. The first-order chi connectivity index (χ1) is 10.1. The zero-order chi connectivity index (χ0) is 14.7. The van der Waals surface area contributed by atoms with Gasteiger partial charge in [-0.1, -0.05) is 48.0 Å². The van der Waals surface area contributed by atoms with Gasteiger partial charge < -0.3 is 5.11 Å². The lowest BCUT2D eigenvalue weighted by Gasteiger charge is -2.62. The molecule has 0 spiro atoms. The topological polar surface area (TPSA) is 20.2 Å². The van der Waals surface area contributed by atoms with Crippen molar-refractivity contribution >= 4 is 15.9 Å². The van der Waals surface area contributed by atoms with Crippen molar-refractivity contribution < 1.29 is 5.11 Å². The quantitative estimate of drug-likeness (QED) is 0.729. The predicted octanol–water partition coefficient (Wildman–Crippen LogP) is 5.19. The molecular weight excluding hydrogens is 324 g/mol. The fraction of sp³-hybridized carbons (Fsp3) is 0.684. The van der Waals surface area contributed by atoms with Crippen molar-refractivity contribution in [3.05, 3.63) is 29.8 Å². The molecule has 4 aliphatic rings. The maximum Gasteiger partial charge on any atom is 0.119 e. The van der Waals surface area contributed by atoms with Crippen LogP contribution in [-0.2, 0) is 0 Å². The van der Waals surface area contributed by atoms with E-state index >= 15 is 0 Å². The van der Waals surface area contributed by atoms with E-state index in [0.717, 1.165) is 35.5 Å². The Balaban J connectivity index is 1.70. The monoisotopic (exact) mass is 348 g/mol. The number of hydrogen-bond donors (Lipinski definition) is 1. The summed E-state index contributed by atoms with van der Waals surface area (Å²) in [6, 6.07) is 8.07. The molecule has 4 bridgehead atoms. The Morgan fingerprint density at radius 2 is 1.81 bits per heavy atom. The molecule has 4 fully saturated rings. The van der Waals surface area contributed by atoms with Crippen LogP contribution in [0.25, 0.3) is 0 Å². The minimum atomic E-state index is 0.521. The zero-order valence-corrected chi connectivity index (χ0v) is 14.5. The first-order valence-corrected chi connectivity index (χ1v) is 9.41. The summed E-state index contributed by atoms with van der Waals surface area (Å²) in [7, 11) is 0. The molecule has 5 rings (SSSR count). The first kappa shape index (κ1) is 14.1. The lowest BCUT2D eigenvalue weighted by molar-refractivity contribution is -0.0931. The van der Waals surface area contributed by atoms with Gasteiger partial charge in [-0.15, -0.1) is 0 Å². The number of hydrogen-bond acceptors (Lipinski definition) is 1. The fourth-order valence-corrected chi connectivity index (χ4v) is 7.11. The number of benzene rings is 1. The lowest BCUT2D eigenvalue weighted by atomic mass is 9.43. The second-order valence-electron chi connectivity index (χ2n) is 7.75. The van der Waals surface area contributed by atoms with Crippen molar-refractivity contribution in [2.75, 3.05) is 0 Å². The number of phenolic OH excluding ortho intramolecular Hbond substituents is 1. The number of alkyl halides is 1. The van der Waals surface area contributed by atoms with Gasteiger partial charge in [0, 0.05) is 4.83 Å². The number of halogens is 1. The summed E-state index contributed by atoms with van der Waals surface area (Å²) in [6.07, 6.45) is 4.11. The van der Waals surface area contributed by atoms with Crippen molar-refractivity contribution in [3.63, 3.8) is 0 Å². The van der Waals surface area contributed by atoms with E-state index in [0.29, 0.717) is 16.5 Å². The van der Waals surface area contributed by atoms with E-state index in [1.165, 1.54) is 24.8 Å². The maximum atomic E-state index is 10.3. The fourth-order valence-electron chi connectivity index (χ4n) is 6.28. The number of rotatable bonds is 2.